The highest BCUT2D eigenvalue weighted by Crippen LogP contribution is 2.17. The number of alkyl carbamates (subject to hydrolysis) is 1. The molecule has 1 rings (SSSR count). The number of furan rings is 1. The van der Waals surface area contributed by atoms with E-state index in [0.29, 0.717) is 5.76 Å². The molecule has 0 aliphatic carbocycles. The normalized spacial score (nSPS) is 12.6. The predicted molar refractivity (Wildman–Crippen MR) is 61.0 cm³/mol. The van der Waals surface area contributed by atoms with Gasteiger partial charge in [-0.3, -0.25) is 0 Å². The third kappa shape index (κ3) is 4.60. The highest BCUT2D eigenvalue weighted by atomic mass is 16.6. The van der Waals surface area contributed by atoms with Crippen molar-refractivity contribution in [1.29, 1.82) is 5.26 Å². The van der Waals surface area contributed by atoms with E-state index in [-0.39, 0.29) is 6.42 Å². The molecule has 1 atom stereocenters. The standard InChI is InChI=1S/C12H16N2O3/c1-12(2,3)17-11(15)14-9(6-7-13)10-5-4-8-16-10/h4-5,8-9H,6H2,1-3H3,(H,14,15)/t9-/m0/s1. The Morgan fingerprint density at radius 1 is 1.65 bits per heavy atom. The monoisotopic (exact) mass is 236 g/mol. The Kier molecular flexibility index (Phi) is 4.16. The van der Waals surface area contributed by atoms with Crippen molar-refractivity contribution >= 4 is 6.09 Å². The van der Waals surface area contributed by atoms with Crippen molar-refractivity contribution in [3.8, 4) is 6.07 Å². The van der Waals surface area contributed by atoms with Crippen LogP contribution in [0.1, 0.15) is 39.0 Å². The summed E-state index contributed by atoms with van der Waals surface area (Å²) in [4.78, 5) is 11.6. The summed E-state index contributed by atoms with van der Waals surface area (Å²) in [7, 11) is 0. The summed E-state index contributed by atoms with van der Waals surface area (Å²) in [5, 5.41) is 11.3. The van der Waals surface area contributed by atoms with E-state index in [2.05, 4.69) is 5.32 Å². The molecule has 0 aliphatic heterocycles. The lowest BCUT2D eigenvalue weighted by atomic mass is 10.1. The Morgan fingerprint density at radius 3 is 2.82 bits per heavy atom. The lowest BCUT2D eigenvalue weighted by Crippen LogP contribution is -2.34. The number of nitrogens with zero attached hydrogens (tertiary/aromatic N) is 1. The number of ether oxygens (including phenoxy) is 1. The number of nitrogens with one attached hydrogen (secondary N) is 1. The Hall–Kier alpha value is -1.96. The van der Waals surface area contributed by atoms with Crippen molar-refractivity contribution in [3.63, 3.8) is 0 Å². The first-order chi connectivity index (χ1) is 7.92. The van der Waals surface area contributed by atoms with Crippen LogP contribution in [0, 0.1) is 11.3 Å². The van der Waals surface area contributed by atoms with Gasteiger partial charge in [0.1, 0.15) is 17.4 Å². The van der Waals surface area contributed by atoms with Crippen molar-refractivity contribution < 1.29 is 13.9 Å². The minimum absolute atomic E-state index is 0.132. The highest BCUT2D eigenvalue weighted by Gasteiger charge is 2.21. The molecule has 0 radical (unpaired) electrons. The van der Waals surface area contributed by atoms with Crippen LogP contribution in [0.4, 0.5) is 4.79 Å². The fourth-order valence-electron chi connectivity index (χ4n) is 1.25. The van der Waals surface area contributed by atoms with E-state index in [9.17, 15) is 4.79 Å². The Morgan fingerprint density at radius 2 is 2.35 bits per heavy atom. The number of nitriles is 1. The van der Waals surface area contributed by atoms with Crippen molar-refractivity contribution in [1.82, 2.24) is 5.32 Å². The number of hydrogen-bond donors (Lipinski definition) is 1. The fraction of sp³-hybridized carbons (Fsp3) is 0.500. The molecule has 0 spiro atoms. The topological polar surface area (TPSA) is 75.3 Å². The van der Waals surface area contributed by atoms with Crippen LogP contribution in [0.3, 0.4) is 0 Å². The molecule has 92 valence electrons. The van der Waals surface area contributed by atoms with Crippen LogP contribution in [0.5, 0.6) is 0 Å². The van der Waals surface area contributed by atoms with Gasteiger partial charge in [0, 0.05) is 0 Å². The largest absolute Gasteiger partial charge is 0.467 e. The first-order valence-electron chi connectivity index (χ1n) is 5.32. The maximum absolute atomic E-state index is 11.6. The Labute approximate surface area is 100 Å². The van der Waals surface area contributed by atoms with Gasteiger partial charge in [0.2, 0.25) is 0 Å². The van der Waals surface area contributed by atoms with E-state index in [1.165, 1.54) is 6.26 Å². The number of carbonyl (C=O) groups excluding carboxylic acids is 1. The van der Waals surface area contributed by atoms with Crippen LogP contribution in [-0.2, 0) is 4.74 Å². The Balaban J connectivity index is 2.63. The van der Waals surface area contributed by atoms with E-state index in [1.807, 2.05) is 6.07 Å². The lowest BCUT2D eigenvalue weighted by molar-refractivity contribution is 0.0498. The number of hydrogen-bond acceptors (Lipinski definition) is 4. The van der Waals surface area contributed by atoms with Crippen molar-refractivity contribution in [3.05, 3.63) is 24.2 Å². The molecule has 0 aliphatic rings. The van der Waals surface area contributed by atoms with Crippen LogP contribution in [-0.4, -0.2) is 11.7 Å². The molecule has 1 amide bonds. The molecule has 0 aromatic carbocycles. The summed E-state index contributed by atoms with van der Waals surface area (Å²) < 4.78 is 10.3. The summed E-state index contributed by atoms with van der Waals surface area (Å²) in [6.45, 7) is 5.33. The van der Waals surface area contributed by atoms with Crippen LogP contribution in [0.25, 0.3) is 0 Å². The van der Waals surface area contributed by atoms with Gasteiger partial charge in [-0.2, -0.15) is 5.26 Å². The summed E-state index contributed by atoms with van der Waals surface area (Å²) in [5.41, 5.74) is -0.565. The first kappa shape index (κ1) is 13.1. The molecular formula is C12H16N2O3. The van der Waals surface area contributed by atoms with Gasteiger partial charge in [0.25, 0.3) is 0 Å². The summed E-state index contributed by atoms with van der Waals surface area (Å²) in [5.74, 6) is 0.539. The van der Waals surface area contributed by atoms with Gasteiger partial charge in [0.15, 0.2) is 0 Å². The Bertz CT molecular complexity index is 398. The molecule has 0 fully saturated rings. The zero-order chi connectivity index (χ0) is 12.9. The SMILES string of the molecule is CC(C)(C)OC(=O)N[C@@H](CC#N)c1ccco1. The summed E-state index contributed by atoms with van der Waals surface area (Å²) in [6.07, 6.45) is 1.07. The second-order valence-electron chi connectivity index (χ2n) is 4.58. The number of rotatable bonds is 3. The molecule has 5 heteroatoms. The lowest BCUT2D eigenvalue weighted by Gasteiger charge is -2.21. The average Bonchev–Trinajstić information content (AvgIpc) is 2.66. The maximum atomic E-state index is 11.6. The number of carbonyl (C=O) groups is 1. The predicted octanol–water partition coefficient (Wildman–Crippen LogP) is 2.76. The smallest absolute Gasteiger partial charge is 0.408 e. The first-order valence-corrected chi connectivity index (χ1v) is 5.32. The molecule has 0 bridgehead atoms. The van der Waals surface area contributed by atoms with Gasteiger partial charge in [-0.1, -0.05) is 0 Å². The minimum atomic E-state index is -0.565. The molecule has 0 saturated carbocycles. The van der Waals surface area contributed by atoms with E-state index in [1.54, 1.807) is 32.9 Å². The molecule has 0 unspecified atom stereocenters. The highest BCUT2D eigenvalue weighted by molar-refractivity contribution is 5.68. The zero-order valence-electron chi connectivity index (χ0n) is 10.2. The quantitative estimate of drug-likeness (QED) is 0.875. The fourth-order valence-corrected chi connectivity index (χ4v) is 1.25. The van der Waals surface area contributed by atoms with Crippen LogP contribution in [0.15, 0.2) is 22.8 Å². The molecule has 0 saturated heterocycles. The molecule has 1 aromatic heterocycles. The minimum Gasteiger partial charge on any atom is -0.467 e. The maximum Gasteiger partial charge on any atom is 0.408 e. The summed E-state index contributed by atoms with van der Waals surface area (Å²) >= 11 is 0. The van der Waals surface area contributed by atoms with E-state index in [0.717, 1.165) is 0 Å². The van der Waals surface area contributed by atoms with Gasteiger partial charge in [-0.15, -0.1) is 0 Å². The van der Waals surface area contributed by atoms with Gasteiger partial charge in [0.05, 0.1) is 18.8 Å². The van der Waals surface area contributed by atoms with E-state index >= 15 is 0 Å². The third-order valence-electron chi connectivity index (χ3n) is 1.87. The second-order valence-corrected chi connectivity index (χ2v) is 4.58. The van der Waals surface area contributed by atoms with Crippen LogP contribution in [0.2, 0.25) is 0 Å². The van der Waals surface area contributed by atoms with Crippen molar-refractivity contribution in [2.24, 2.45) is 0 Å². The molecule has 1 aromatic rings. The average molecular weight is 236 g/mol. The van der Waals surface area contributed by atoms with Gasteiger partial charge >= 0.3 is 6.09 Å². The van der Waals surface area contributed by atoms with Gasteiger partial charge < -0.3 is 14.5 Å². The van der Waals surface area contributed by atoms with Gasteiger partial charge in [-0.05, 0) is 32.9 Å². The third-order valence-corrected chi connectivity index (χ3v) is 1.87. The second kappa shape index (κ2) is 5.39. The molecular weight excluding hydrogens is 220 g/mol. The number of amides is 1. The zero-order valence-corrected chi connectivity index (χ0v) is 10.2. The van der Waals surface area contributed by atoms with Crippen molar-refractivity contribution in [2.45, 2.75) is 38.8 Å². The van der Waals surface area contributed by atoms with Crippen LogP contribution < -0.4 is 5.32 Å². The molecule has 1 N–H and O–H groups in total. The molecule has 17 heavy (non-hydrogen) atoms. The molecule has 5 nitrogen and oxygen atoms in total. The summed E-state index contributed by atoms with van der Waals surface area (Å²) in [6, 6.07) is 4.92. The van der Waals surface area contributed by atoms with Crippen molar-refractivity contribution in [2.75, 3.05) is 0 Å². The van der Waals surface area contributed by atoms with E-state index < -0.39 is 17.7 Å². The molecule has 1 heterocycles. The van der Waals surface area contributed by atoms with Gasteiger partial charge in [-0.25, -0.2) is 4.79 Å². The van der Waals surface area contributed by atoms with E-state index in [4.69, 9.17) is 14.4 Å². The van der Waals surface area contributed by atoms with Crippen LogP contribution >= 0.6 is 0 Å².